The molecule has 1 amide bonds. The van der Waals surface area contributed by atoms with E-state index in [-0.39, 0.29) is 11.9 Å². The molecule has 2 heterocycles. The van der Waals surface area contributed by atoms with Crippen molar-refractivity contribution in [3.05, 3.63) is 58.0 Å². The van der Waals surface area contributed by atoms with Gasteiger partial charge in [0.25, 0.3) is 0 Å². The first kappa shape index (κ1) is 14.1. The zero-order chi connectivity index (χ0) is 15.0. The molecule has 5 heteroatoms. The minimum absolute atomic E-state index is 0.0683. The van der Waals surface area contributed by atoms with Gasteiger partial charge in [-0.2, -0.15) is 5.10 Å². The largest absolute Gasteiger partial charge is 0.460 e. The molecular weight excluding hydrogens is 332 g/mol. The van der Waals surface area contributed by atoms with Crippen LogP contribution in [0.5, 0.6) is 0 Å². The third kappa shape index (κ3) is 2.78. The molecule has 1 aliphatic heterocycles. The normalized spacial score (nSPS) is 18.0. The highest BCUT2D eigenvalue weighted by Crippen LogP contribution is 2.33. The van der Waals surface area contributed by atoms with E-state index in [9.17, 15) is 4.79 Å². The van der Waals surface area contributed by atoms with E-state index in [4.69, 9.17) is 4.42 Å². The minimum atomic E-state index is -0.0731. The van der Waals surface area contributed by atoms with E-state index in [0.717, 1.165) is 27.3 Å². The zero-order valence-electron chi connectivity index (χ0n) is 11.8. The maximum Gasteiger partial charge on any atom is 0.240 e. The molecule has 3 rings (SSSR count). The van der Waals surface area contributed by atoms with Gasteiger partial charge in [0.2, 0.25) is 5.91 Å². The van der Waals surface area contributed by atoms with Crippen molar-refractivity contribution in [2.75, 3.05) is 0 Å². The quantitative estimate of drug-likeness (QED) is 0.823. The topological polar surface area (TPSA) is 45.8 Å². The number of halogens is 1. The Morgan fingerprint density at radius 3 is 2.57 bits per heavy atom. The summed E-state index contributed by atoms with van der Waals surface area (Å²) in [5, 5.41) is 5.98. The Hall–Kier alpha value is -1.88. The fraction of sp³-hybridized carbons (Fsp3) is 0.250. The molecule has 0 unspecified atom stereocenters. The summed E-state index contributed by atoms with van der Waals surface area (Å²) >= 11 is 3.43. The van der Waals surface area contributed by atoms with Gasteiger partial charge in [-0.05, 0) is 36.8 Å². The summed E-state index contributed by atoms with van der Waals surface area (Å²) in [7, 11) is 0. The van der Waals surface area contributed by atoms with Gasteiger partial charge in [-0.25, -0.2) is 5.01 Å². The number of furan rings is 1. The molecule has 0 fully saturated rings. The summed E-state index contributed by atoms with van der Waals surface area (Å²) in [4.78, 5) is 11.9. The molecule has 0 spiro atoms. The Labute approximate surface area is 131 Å². The Bertz CT molecular complexity index is 703. The highest BCUT2D eigenvalue weighted by atomic mass is 79.9. The Morgan fingerprint density at radius 1 is 1.29 bits per heavy atom. The van der Waals surface area contributed by atoms with Crippen LogP contribution in [0.15, 0.2) is 50.4 Å². The highest BCUT2D eigenvalue weighted by molar-refractivity contribution is 9.10. The van der Waals surface area contributed by atoms with E-state index >= 15 is 0 Å². The summed E-state index contributed by atoms with van der Waals surface area (Å²) in [5.41, 5.74) is 1.88. The standard InChI is InChI=1S/C16H15BrN2O2/c1-10-3-8-16(21-10)14-9-15(19(18-14)11(2)20)12-4-6-13(17)7-5-12/h3-8,15H,9H2,1-2H3/t15-/m1/s1. The van der Waals surface area contributed by atoms with Crippen molar-refractivity contribution in [1.82, 2.24) is 5.01 Å². The second kappa shape index (κ2) is 5.48. The molecule has 0 aliphatic carbocycles. The first-order valence-corrected chi connectivity index (χ1v) is 7.53. The first-order valence-electron chi connectivity index (χ1n) is 6.74. The van der Waals surface area contributed by atoms with Crippen LogP contribution in [0.3, 0.4) is 0 Å². The molecule has 1 aromatic heterocycles. The second-order valence-electron chi connectivity index (χ2n) is 5.09. The van der Waals surface area contributed by atoms with E-state index in [1.54, 1.807) is 0 Å². The average Bonchev–Trinajstić information content (AvgIpc) is 3.05. The predicted octanol–water partition coefficient (Wildman–Crippen LogP) is 4.05. The Morgan fingerprint density at radius 2 is 2.00 bits per heavy atom. The minimum Gasteiger partial charge on any atom is -0.460 e. The molecule has 0 N–H and O–H groups in total. The fourth-order valence-corrected chi connectivity index (χ4v) is 2.75. The molecule has 0 bridgehead atoms. The number of nitrogens with zero attached hydrogens (tertiary/aromatic N) is 2. The average molecular weight is 347 g/mol. The predicted molar refractivity (Wildman–Crippen MR) is 84.0 cm³/mol. The first-order chi connectivity index (χ1) is 10.0. The summed E-state index contributed by atoms with van der Waals surface area (Å²) in [6.45, 7) is 3.43. The molecule has 1 aliphatic rings. The third-order valence-corrected chi connectivity index (χ3v) is 4.04. The Kier molecular flexibility index (Phi) is 3.68. The van der Waals surface area contributed by atoms with Crippen molar-refractivity contribution < 1.29 is 9.21 Å². The monoisotopic (exact) mass is 346 g/mol. The lowest BCUT2D eigenvalue weighted by Crippen LogP contribution is -2.24. The summed E-state index contributed by atoms with van der Waals surface area (Å²) in [5.74, 6) is 1.51. The lowest BCUT2D eigenvalue weighted by atomic mass is 10.0. The van der Waals surface area contributed by atoms with Crippen LogP contribution in [0.2, 0.25) is 0 Å². The van der Waals surface area contributed by atoms with E-state index < -0.39 is 0 Å². The van der Waals surface area contributed by atoms with Crippen molar-refractivity contribution in [3.8, 4) is 0 Å². The number of hydrazone groups is 1. The second-order valence-corrected chi connectivity index (χ2v) is 6.01. The Balaban J connectivity index is 1.93. The molecular formula is C16H15BrN2O2. The van der Waals surface area contributed by atoms with E-state index in [1.807, 2.05) is 43.3 Å². The maximum atomic E-state index is 11.9. The number of aryl methyl sites for hydroxylation is 1. The van der Waals surface area contributed by atoms with Crippen molar-refractivity contribution >= 4 is 27.5 Å². The van der Waals surface area contributed by atoms with Crippen LogP contribution in [-0.2, 0) is 4.79 Å². The lowest BCUT2D eigenvalue weighted by molar-refractivity contribution is -0.130. The van der Waals surface area contributed by atoms with Crippen LogP contribution in [-0.4, -0.2) is 16.6 Å². The molecule has 2 aromatic rings. The van der Waals surface area contributed by atoms with E-state index in [1.165, 1.54) is 11.9 Å². The van der Waals surface area contributed by atoms with Gasteiger partial charge in [0.1, 0.15) is 17.2 Å². The number of hydrogen-bond donors (Lipinski definition) is 0. The van der Waals surface area contributed by atoms with Gasteiger partial charge in [0, 0.05) is 17.8 Å². The molecule has 4 nitrogen and oxygen atoms in total. The summed E-state index contributed by atoms with van der Waals surface area (Å²) in [6, 6.07) is 11.7. The van der Waals surface area contributed by atoms with Crippen molar-refractivity contribution in [2.24, 2.45) is 5.10 Å². The van der Waals surface area contributed by atoms with E-state index in [0.29, 0.717) is 6.42 Å². The van der Waals surface area contributed by atoms with Crippen LogP contribution in [0, 0.1) is 6.92 Å². The zero-order valence-corrected chi connectivity index (χ0v) is 13.4. The number of carbonyl (C=O) groups is 1. The van der Waals surface area contributed by atoms with Gasteiger partial charge >= 0.3 is 0 Å². The third-order valence-electron chi connectivity index (χ3n) is 3.51. The summed E-state index contributed by atoms with van der Waals surface area (Å²) in [6.07, 6.45) is 0.661. The number of carbonyl (C=O) groups excluding carboxylic acids is 1. The van der Waals surface area contributed by atoms with Gasteiger partial charge in [0.05, 0.1) is 6.04 Å². The van der Waals surface area contributed by atoms with Crippen LogP contribution >= 0.6 is 15.9 Å². The SMILES string of the molecule is CC(=O)N1N=C(c2ccc(C)o2)C[C@@H]1c1ccc(Br)cc1. The summed E-state index contributed by atoms with van der Waals surface area (Å²) < 4.78 is 6.64. The van der Waals surface area contributed by atoms with Crippen LogP contribution in [0.25, 0.3) is 0 Å². The van der Waals surface area contributed by atoms with Crippen LogP contribution in [0.1, 0.15) is 36.5 Å². The molecule has 0 radical (unpaired) electrons. The number of benzene rings is 1. The van der Waals surface area contributed by atoms with Crippen molar-refractivity contribution in [1.29, 1.82) is 0 Å². The highest BCUT2D eigenvalue weighted by Gasteiger charge is 2.32. The maximum absolute atomic E-state index is 11.9. The molecule has 0 saturated carbocycles. The molecule has 1 atom stereocenters. The number of hydrogen-bond acceptors (Lipinski definition) is 3. The molecule has 0 saturated heterocycles. The van der Waals surface area contributed by atoms with Gasteiger partial charge in [-0.3, -0.25) is 4.79 Å². The smallest absolute Gasteiger partial charge is 0.240 e. The number of rotatable bonds is 2. The molecule has 1 aromatic carbocycles. The van der Waals surface area contributed by atoms with Crippen LogP contribution in [0.4, 0.5) is 0 Å². The van der Waals surface area contributed by atoms with E-state index in [2.05, 4.69) is 21.0 Å². The molecule has 21 heavy (non-hydrogen) atoms. The van der Waals surface area contributed by atoms with Crippen molar-refractivity contribution in [3.63, 3.8) is 0 Å². The van der Waals surface area contributed by atoms with Crippen molar-refractivity contribution in [2.45, 2.75) is 26.3 Å². The number of amides is 1. The fourth-order valence-electron chi connectivity index (χ4n) is 2.48. The van der Waals surface area contributed by atoms with Gasteiger partial charge in [-0.15, -0.1) is 0 Å². The van der Waals surface area contributed by atoms with Crippen LogP contribution < -0.4 is 0 Å². The van der Waals surface area contributed by atoms with Gasteiger partial charge < -0.3 is 4.42 Å². The lowest BCUT2D eigenvalue weighted by Gasteiger charge is -2.20. The van der Waals surface area contributed by atoms with Gasteiger partial charge in [-0.1, -0.05) is 28.1 Å². The molecule has 108 valence electrons. The van der Waals surface area contributed by atoms with Gasteiger partial charge in [0.15, 0.2) is 0 Å².